The Bertz CT molecular complexity index is 1180. The van der Waals surface area contributed by atoms with Crippen LogP contribution >= 0.6 is 11.8 Å². The van der Waals surface area contributed by atoms with Gasteiger partial charge in [0.15, 0.2) is 0 Å². The van der Waals surface area contributed by atoms with Crippen molar-refractivity contribution in [2.45, 2.75) is 36.0 Å². The molecule has 0 radical (unpaired) electrons. The van der Waals surface area contributed by atoms with Crippen LogP contribution in [-0.2, 0) is 11.3 Å². The van der Waals surface area contributed by atoms with E-state index in [1.807, 2.05) is 35.2 Å². The summed E-state index contributed by atoms with van der Waals surface area (Å²) in [7, 11) is 0. The van der Waals surface area contributed by atoms with Crippen molar-refractivity contribution in [1.29, 1.82) is 0 Å². The lowest BCUT2D eigenvalue weighted by molar-refractivity contribution is -0.132. The van der Waals surface area contributed by atoms with Gasteiger partial charge in [-0.3, -0.25) is 4.79 Å². The van der Waals surface area contributed by atoms with Crippen LogP contribution in [0.25, 0.3) is 11.0 Å². The molecule has 0 bridgehead atoms. The first kappa shape index (κ1) is 20.8. The molecule has 2 heterocycles. The summed E-state index contributed by atoms with van der Waals surface area (Å²) in [6.45, 7) is 2.05. The number of carbonyl (C=O) groups excluding carboxylic acids is 1. The van der Waals surface area contributed by atoms with Crippen LogP contribution in [-0.4, -0.2) is 33.4 Å². The zero-order valence-electron chi connectivity index (χ0n) is 18.1. The zero-order valence-corrected chi connectivity index (χ0v) is 18.9. The highest BCUT2D eigenvalue weighted by atomic mass is 32.2. The molecule has 32 heavy (non-hydrogen) atoms. The Labute approximate surface area is 193 Å². The minimum Gasteiger partial charge on any atom is -0.341 e. The van der Waals surface area contributed by atoms with Crippen LogP contribution in [0.3, 0.4) is 0 Å². The van der Waals surface area contributed by atoms with Crippen LogP contribution in [0.5, 0.6) is 0 Å². The molecule has 1 aliphatic heterocycles. The van der Waals surface area contributed by atoms with E-state index in [0.29, 0.717) is 6.54 Å². The van der Waals surface area contributed by atoms with Gasteiger partial charge in [0.1, 0.15) is 12.4 Å². The summed E-state index contributed by atoms with van der Waals surface area (Å²) in [5.74, 6) is 1.11. The van der Waals surface area contributed by atoms with Gasteiger partial charge in [-0.15, -0.1) is 11.8 Å². The highest BCUT2D eigenvalue weighted by Crippen LogP contribution is 2.41. The first-order valence-corrected chi connectivity index (χ1v) is 12.2. The van der Waals surface area contributed by atoms with Crippen molar-refractivity contribution in [3.63, 3.8) is 0 Å². The fraction of sp³-hybridized carbons (Fsp3) is 0.259. The third-order valence-corrected chi connectivity index (χ3v) is 7.28. The van der Waals surface area contributed by atoms with Crippen LogP contribution in [0.4, 0.5) is 0 Å². The van der Waals surface area contributed by atoms with Gasteiger partial charge in [0, 0.05) is 18.0 Å². The number of para-hydroxylation sites is 2. The quantitative estimate of drug-likeness (QED) is 0.348. The summed E-state index contributed by atoms with van der Waals surface area (Å²) < 4.78 is 2.14. The van der Waals surface area contributed by atoms with E-state index in [4.69, 9.17) is 4.98 Å². The fourth-order valence-corrected chi connectivity index (χ4v) is 5.54. The lowest BCUT2D eigenvalue weighted by atomic mass is 10.1. The van der Waals surface area contributed by atoms with E-state index in [2.05, 4.69) is 59.2 Å². The van der Waals surface area contributed by atoms with Gasteiger partial charge in [-0.1, -0.05) is 60.7 Å². The van der Waals surface area contributed by atoms with Crippen molar-refractivity contribution in [2.24, 2.45) is 0 Å². The number of thioether (sulfide) groups is 1. The molecule has 0 unspecified atom stereocenters. The van der Waals surface area contributed by atoms with Crippen molar-refractivity contribution < 1.29 is 4.79 Å². The molecule has 5 rings (SSSR count). The number of likely N-dealkylation sites (tertiary alicyclic amines) is 1. The van der Waals surface area contributed by atoms with E-state index >= 15 is 0 Å². The van der Waals surface area contributed by atoms with Gasteiger partial charge in [0.25, 0.3) is 0 Å². The average Bonchev–Trinajstić information content (AvgIpc) is 3.22. The number of carbonyl (C=O) groups is 1. The lowest BCUT2D eigenvalue weighted by Gasteiger charge is -2.27. The normalized spacial score (nSPS) is 15.1. The number of hydrogen-bond donors (Lipinski definition) is 0. The molecule has 162 valence electrons. The molecule has 1 aliphatic rings. The van der Waals surface area contributed by atoms with Crippen molar-refractivity contribution in [2.75, 3.05) is 13.1 Å². The maximum Gasteiger partial charge on any atom is 0.242 e. The van der Waals surface area contributed by atoms with Crippen molar-refractivity contribution >= 4 is 28.7 Å². The summed E-state index contributed by atoms with van der Waals surface area (Å²) in [6, 6.07) is 29.0. The van der Waals surface area contributed by atoms with E-state index in [-0.39, 0.29) is 11.2 Å². The van der Waals surface area contributed by atoms with Crippen LogP contribution in [0.15, 0.2) is 89.8 Å². The van der Waals surface area contributed by atoms with Gasteiger partial charge in [-0.25, -0.2) is 4.98 Å². The number of piperidine rings is 1. The number of benzene rings is 3. The molecule has 1 saturated heterocycles. The molecule has 5 heteroatoms. The Hall–Kier alpha value is -3.05. The molecule has 0 spiro atoms. The molecular formula is C27H27N3OS. The van der Waals surface area contributed by atoms with Gasteiger partial charge in [-0.05, 0) is 49.1 Å². The molecule has 1 atom stereocenters. The minimum atomic E-state index is -0.0137. The molecular weight excluding hydrogens is 414 g/mol. The third kappa shape index (κ3) is 4.44. The Balaban J connectivity index is 1.58. The molecule has 1 amide bonds. The minimum absolute atomic E-state index is 0.0137. The number of nitrogens with zero attached hydrogens (tertiary/aromatic N) is 3. The first-order valence-electron chi connectivity index (χ1n) is 11.3. The summed E-state index contributed by atoms with van der Waals surface area (Å²) in [6.07, 6.45) is 3.41. The van der Waals surface area contributed by atoms with E-state index in [0.717, 1.165) is 42.8 Å². The first-order chi connectivity index (χ1) is 15.8. The van der Waals surface area contributed by atoms with E-state index in [1.54, 1.807) is 11.8 Å². The van der Waals surface area contributed by atoms with Gasteiger partial charge in [0.2, 0.25) is 5.91 Å². The Morgan fingerprint density at radius 2 is 1.50 bits per heavy atom. The Kier molecular flexibility index (Phi) is 6.26. The molecule has 3 aromatic carbocycles. The van der Waals surface area contributed by atoms with Gasteiger partial charge in [-0.2, -0.15) is 0 Å². The Morgan fingerprint density at radius 1 is 0.844 bits per heavy atom. The number of imidazole rings is 1. The third-order valence-electron chi connectivity index (χ3n) is 6.02. The van der Waals surface area contributed by atoms with Gasteiger partial charge < -0.3 is 9.47 Å². The molecule has 1 fully saturated rings. The smallest absolute Gasteiger partial charge is 0.242 e. The fourth-order valence-electron chi connectivity index (χ4n) is 4.37. The van der Waals surface area contributed by atoms with Crippen LogP contribution in [0.1, 0.15) is 35.9 Å². The number of amides is 1. The summed E-state index contributed by atoms with van der Waals surface area (Å²) >= 11 is 1.78. The highest BCUT2D eigenvalue weighted by Gasteiger charge is 2.26. The topological polar surface area (TPSA) is 38.1 Å². The zero-order chi connectivity index (χ0) is 21.8. The van der Waals surface area contributed by atoms with Crippen LogP contribution in [0, 0.1) is 0 Å². The standard InChI is InChI=1S/C27H27N3OS/c31-25(29-18-10-3-11-19-29)20-30-24-17-9-8-16-23(24)28-27(30)26(21-12-4-1-5-13-21)32-22-14-6-2-7-15-22/h1-2,4-9,12-17,26H,3,10-11,18-20H2/t26-/m0/s1. The maximum absolute atomic E-state index is 13.2. The second-order valence-electron chi connectivity index (χ2n) is 8.21. The van der Waals surface area contributed by atoms with Crippen molar-refractivity contribution in [3.8, 4) is 0 Å². The maximum atomic E-state index is 13.2. The number of rotatable bonds is 6. The molecule has 4 aromatic rings. The second-order valence-corrected chi connectivity index (χ2v) is 9.39. The van der Waals surface area contributed by atoms with E-state index in [9.17, 15) is 4.79 Å². The monoisotopic (exact) mass is 441 g/mol. The van der Waals surface area contributed by atoms with Gasteiger partial charge >= 0.3 is 0 Å². The SMILES string of the molecule is O=C(Cn1c([C@@H](Sc2ccccc2)c2ccccc2)nc2ccccc21)N1CCCCC1. The molecule has 4 nitrogen and oxygen atoms in total. The lowest BCUT2D eigenvalue weighted by Crippen LogP contribution is -2.38. The van der Waals surface area contributed by atoms with Crippen molar-refractivity contribution in [1.82, 2.24) is 14.5 Å². The van der Waals surface area contributed by atoms with Crippen LogP contribution < -0.4 is 0 Å². The number of aromatic nitrogens is 2. The molecule has 0 aliphatic carbocycles. The van der Waals surface area contributed by atoms with E-state index < -0.39 is 0 Å². The summed E-state index contributed by atoms with van der Waals surface area (Å²) in [5, 5.41) is -0.0137. The predicted octanol–water partition coefficient (Wildman–Crippen LogP) is 5.93. The average molecular weight is 442 g/mol. The molecule has 0 N–H and O–H groups in total. The molecule has 0 saturated carbocycles. The largest absolute Gasteiger partial charge is 0.341 e. The number of fused-ring (bicyclic) bond motifs is 1. The molecule has 1 aromatic heterocycles. The van der Waals surface area contributed by atoms with Crippen LogP contribution in [0.2, 0.25) is 0 Å². The number of hydrogen-bond acceptors (Lipinski definition) is 3. The summed E-state index contributed by atoms with van der Waals surface area (Å²) in [5.41, 5.74) is 3.13. The van der Waals surface area contributed by atoms with Crippen molar-refractivity contribution in [3.05, 3.63) is 96.3 Å². The second kappa shape index (κ2) is 9.61. The van der Waals surface area contributed by atoms with Gasteiger partial charge in [0.05, 0.1) is 16.3 Å². The summed E-state index contributed by atoms with van der Waals surface area (Å²) in [4.78, 5) is 21.5. The highest BCUT2D eigenvalue weighted by molar-refractivity contribution is 7.99. The Morgan fingerprint density at radius 3 is 2.25 bits per heavy atom. The predicted molar refractivity (Wildman–Crippen MR) is 131 cm³/mol. The van der Waals surface area contributed by atoms with E-state index in [1.165, 1.54) is 16.9 Å².